The van der Waals surface area contributed by atoms with Crippen molar-refractivity contribution in [3.63, 3.8) is 0 Å². The van der Waals surface area contributed by atoms with E-state index in [2.05, 4.69) is 0 Å². The Morgan fingerprint density at radius 1 is 0.476 bits per heavy atom. The Kier molecular flexibility index (Phi) is 186. The summed E-state index contributed by atoms with van der Waals surface area (Å²) in [6, 6.07) is 0. The van der Waals surface area contributed by atoms with E-state index in [9.17, 15) is 0 Å². The Bertz CT molecular complexity index is 185. The van der Waals surface area contributed by atoms with Gasteiger partial charge in [0.2, 0.25) is 0 Å². The van der Waals surface area contributed by atoms with Crippen LogP contribution < -0.4 is 123 Å². The van der Waals surface area contributed by atoms with E-state index < -0.39 is 23.9 Å². The normalized spacial score (nSPS) is 4.19. The number of rotatable bonds is 0. The first kappa shape index (κ1) is 78.9. The molecule has 0 bridgehead atoms. The number of carboxylic acid groups (broad SMARTS) is 4. The van der Waals surface area contributed by atoms with Crippen LogP contribution in [-0.4, -0.2) is 45.8 Å². The van der Waals surface area contributed by atoms with Crippen LogP contribution in [0.2, 0.25) is 0 Å². The molecule has 0 amide bonds. The third-order valence-electron chi connectivity index (χ3n) is 0.333. The van der Waals surface area contributed by atoms with Gasteiger partial charge in [0.1, 0.15) is 0 Å². The minimum Gasteiger partial charge on any atom is -0.543 e. The molecule has 0 aliphatic rings. The van der Waals surface area contributed by atoms with E-state index in [-0.39, 0.29) is 152 Å². The standard InChI is InChI=1S/2C2H2O4.2K.Ni.6H2O/c2*3-1(4)2(5)6;;;;;;;;;/h2*(H,3,4)(H,5,6);;;;6*1H2/q;;2*+1;+2;;;;;;/p-2. The number of carbonyl (C=O) groups is 4. The molecule has 0 unspecified atom stereocenters. The number of hydrogen-bond donors (Lipinski definition) is 0. The Morgan fingerprint density at radius 3 is 0.524 bits per heavy atom. The molecule has 0 aromatic carbocycles. The molecule has 14 N–H and O–H groups in total. The molecule has 0 aliphatic carbocycles. The van der Waals surface area contributed by atoms with Crippen molar-refractivity contribution in [3.05, 3.63) is 0 Å². The van der Waals surface area contributed by atoms with Crippen LogP contribution in [0.1, 0.15) is 0 Å². The number of carboxylic acids is 4. The maximum Gasteiger partial charge on any atom is 2.00 e. The van der Waals surface area contributed by atoms with Crippen molar-refractivity contribution < 1.29 is 192 Å². The first-order valence-corrected chi connectivity index (χ1v) is 2.13. The monoisotopic (exact) mass is 422 g/mol. The number of aliphatic carboxylic acids is 4. The minimum atomic E-state index is -2.19. The van der Waals surface area contributed by atoms with Gasteiger partial charge in [-0.05, 0) is 0 Å². The van der Waals surface area contributed by atoms with Crippen LogP contribution in [0, 0.1) is 0 Å². The molecule has 0 atom stereocenters. The third kappa shape index (κ3) is 91.1. The first-order valence-electron chi connectivity index (χ1n) is 2.13. The fraction of sp³-hybridized carbons (Fsp3) is 0. The van der Waals surface area contributed by atoms with Crippen molar-refractivity contribution >= 4 is 23.9 Å². The van der Waals surface area contributed by atoms with Crippen LogP contribution in [-0.2, 0) is 46.6 Å². The molecule has 0 rings (SSSR count). The average molecular weight is 423 g/mol. The summed E-state index contributed by atoms with van der Waals surface area (Å²) < 4.78 is 0. The SMILES string of the molecule is O.O.O.O.O=C([O-])C(=O)[O-].O=C([O-])C(=O)[O-].[K+].[K+].[Ni+2].[OH3+].[OH3+]. The molecule has 21 heavy (non-hydrogen) atoms. The topological polar surface area (TPSA) is 353 Å². The molecule has 0 aliphatic heterocycles. The van der Waals surface area contributed by atoms with Crippen molar-refractivity contribution in [2.45, 2.75) is 0 Å². The van der Waals surface area contributed by atoms with E-state index in [0.717, 1.165) is 0 Å². The van der Waals surface area contributed by atoms with Crippen molar-refractivity contribution in [3.8, 4) is 0 Å². The predicted molar refractivity (Wildman–Crippen MR) is 44.2 cm³/mol. The summed E-state index contributed by atoms with van der Waals surface area (Å²) in [6.07, 6.45) is 0. The van der Waals surface area contributed by atoms with E-state index in [0.29, 0.717) is 0 Å². The summed E-state index contributed by atoms with van der Waals surface area (Å²) in [5, 5.41) is 35.7. The van der Waals surface area contributed by atoms with Crippen LogP contribution in [0.5, 0.6) is 0 Å². The number of hydrogen-bond acceptors (Lipinski definition) is 8. The maximum atomic E-state index is 8.93. The molecule has 0 spiro atoms. The van der Waals surface area contributed by atoms with Crippen LogP contribution >= 0.6 is 0 Å². The van der Waals surface area contributed by atoms with Gasteiger partial charge in [0, 0.05) is 0 Å². The van der Waals surface area contributed by atoms with Gasteiger partial charge in [-0.25, -0.2) is 0 Å². The van der Waals surface area contributed by atoms with Gasteiger partial charge in [-0.15, -0.1) is 0 Å². The summed E-state index contributed by atoms with van der Waals surface area (Å²) in [6.45, 7) is 0. The predicted octanol–water partition coefficient (Wildman–Crippen LogP) is -18.2. The molecule has 0 fully saturated rings. The molecular weight excluding hydrogens is 409 g/mol. The van der Waals surface area contributed by atoms with E-state index in [4.69, 9.17) is 39.6 Å². The molecule has 0 radical (unpaired) electrons. The molecule has 0 saturated heterocycles. The molecule has 124 valence electrons. The Balaban J connectivity index is -0.00000000741. The summed E-state index contributed by atoms with van der Waals surface area (Å²) in [4.78, 5) is 35.7. The van der Waals surface area contributed by atoms with Crippen molar-refractivity contribution in [2.24, 2.45) is 0 Å². The van der Waals surface area contributed by atoms with Crippen LogP contribution in [0.4, 0.5) is 0 Å². The molecule has 0 aromatic rings. The fourth-order valence-corrected chi connectivity index (χ4v) is 0. The zero-order valence-electron chi connectivity index (χ0n) is 10.7. The van der Waals surface area contributed by atoms with Gasteiger partial charge in [0.15, 0.2) is 0 Å². The smallest absolute Gasteiger partial charge is 0.543 e. The Hall–Kier alpha value is 1.41. The van der Waals surface area contributed by atoms with Crippen molar-refractivity contribution in [1.82, 2.24) is 0 Å². The summed E-state index contributed by atoms with van der Waals surface area (Å²) in [5.41, 5.74) is 0. The quantitative estimate of drug-likeness (QED) is 0.204. The minimum absolute atomic E-state index is 0. The zero-order valence-corrected chi connectivity index (χ0v) is 18.0. The van der Waals surface area contributed by atoms with Gasteiger partial charge < -0.3 is 72.5 Å². The van der Waals surface area contributed by atoms with Gasteiger partial charge in [-0.3, -0.25) is 0 Å². The maximum absolute atomic E-state index is 8.93. The van der Waals surface area contributed by atoms with Crippen LogP contribution in [0.3, 0.4) is 0 Å². The second-order valence-corrected chi connectivity index (χ2v) is 1.15. The van der Waals surface area contributed by atoms with E-state index in [1.165, 1.54) is 0 Å². The molecule has 17 heteroatoms. The molecule has 14 nitrogen and oxygen atoms in total. The van der Waals surface area contributed by atoms with Crippen LogP contribution in [0.15, 0.2) is 0 Å². The zero-order chi connectivity index (χ0) is 10.3. The van der Waals surface area contributed by atoms with E-state index in [1.54, 1.807) is 0 Å². The van der Waals surface area contributed by atoms with E-state index in [1.807, 2.05) is 0 Å². The largest absolute Gasteiger partial charge is 2.00 e. The second kappa shape index (κ2) is 49.6. The Morgan fingerprint density at radius 2 is 0.524 bits per heavy atom. The van der Waals surface area contributed by atoms with Gasteiger partial charge in [-0.2, -0.15) is 0 Å². The van der Waals surface area contributed by atoms with E-state index >= 15 is 0 Å². The second-order valence-electron chi connectivity index (χ2n) is 1.15. The Labute approximate surface area is 211 Å². The van der Waals surface area contributed by atoms with Gasteiger partial charge in [0.05, 0.1) is 23.9 Å². The molecular formula is C4H14K2NiO14+2. The first-order chi connectivity index (χ1) is 5.29. The summed E-state index contributed by atoms with van der Waals surface area (Å²) in [5.74, 6) is -8.74. The molecule has 0 aromatic heterocycles. The van der Waals surface area contributed by atoms with Gasteiger partial charge in [0.25, 0.3) is 0 Å². The van der Waals surface area contributed by atoms with Crippen molar-refractivity contribution in [2.75, 3.05) is 0 Å². The molecule has 0 saturated carbocycles. The summed E-state index contributed by atoms with van der Waals surface area (Å²) >= 11 is 0. The average Bonchev–Trinajstić information content (AvgIpc) is 1.88. The van der Waals surface area contributed by atoms with Gasteiger partial charge in [-0.1, -0.05) is 0 Å². The number of carbonyl (C=O) groups excluding carboxylic acids is 4. The van der Waals surface area contributed by atoms with Gasteiger partial charge >= 0.3 is 119 Å². The summed E-state index contributed by atoms with van der Waals surface area (Å²) in [7, 11) is 0. The third-order valence-corrected chi connectivity index (χ3v) is 0.333. The van der Waals surface area contributed by atoms with Crippen molar-refractivity contribution in [1.29, 1.82) is 0 Å². The molecule has 0 heterocycles. The van der Waals surface area contributed by atoms with Crippen LogP contribution in [0.25, 0.3) is 0 Å². The fourth-order valence-electron chi connectivity index (χ4n) is 0.